The highest BCUT2D eigenvalue weighted by atomic mass is 35.5. The molecule has 2 rings (SSSR count). The molecule has 1 aliphatic carbocycles. The smallest absolute Gasteiger partial charge is 0.0316 e. The fourth-order valence-electron chi connectivity index (χ4n) is 1.93. The van der Waals surface area contributed by atoms with Crippen LogP contribution in [0.5, 0.6) is 0 Å². The molecular formula is C11H16ClN. The Morgan fingerprint density at radius 3 is 2.38 bits per heavy atom. The fourth-order valence-corrected chi connectivity index (χ4v) is 1.93. The molecule has 0 atom stereocenters. The van der Waals surface area contributed by atoms with Crippen molar-refractivity contribution in [2.45, 2.75) is 32.1 Å². The van der Waals surface area contributed by atoms with Gasteiger partial charge >= 0.3 is 0 Å². The Kier molecular flexibility index (Phi) is 3.61. The minimum atomic E-state index is 0. The van der Waals surface area contributed by atoms with Gasteiger partial charge in [-0.3, -0.25) is 0 Å². The highest BCUT2D eigenvalue weighted by Gasteiger charge is 2.06. The molecule has 0 bridgehead atoms. The first kappa shape index (κ1) is 10.4. The third kappa shape index (κ3) is 2.38. The van der Waals surface area contributed by atoms with Crippen molar-refractivity contribution >= 4 is 18.1 Å². The molecule has 1 aromatic carbocycles. The number of benzene rings is 1. The van der Waals surface area contributed by atoms with Crippen molar-refractivity contribution in [3.8, 4) is 0 Å². The number of nitrogen functional groups attached to an aromatic ring is 1. The van der Waals surface area contributed by atoms with Crippen LogP contribution in [0.2, 0.25) is 0 Å². The zero-order chi connectivity index (χ0) is 8.39. The molecule has 1 aliphatic rings. The van der Waals surface area contributed by atoms with Gasteiger partial charge in [0.05, 0.1) is 0 Å². The highest BCUT2D eigenvalue weighted by Crippen LogP contribution is 2.22. The van der Waals surface area contributed by atoms with Crippen molar-refractivity contribution in [1.29, 1.82) is 0 Å². The summed E-state index contributed by atoms with van der Waals surface area (Å²) in [6.07, 6.45) is 6.51. The standard InChI is InChI=1S/C11H15N.ClH/c12-11-7-6-9-4-2-1-3-5-10(9)8-11;/h6-8H,1-5,12H2;1H. The maximum absolute atomic E-state index is 5.73. The summed E-state index contributed by atoms with van der Waals surface area (Å²) in [5, 5.41) is 0. The quantitative estimate of drug-likeness (QED) is 0.502. The average Bonchev–Trinajstić information content (AvgIpc) is 2.28. The van der Waals surface area contributed by atoms with Crippen LogP contribution < -0.4 is 5.73 Å². The molecule has 0 radical (unpaired) electrons. The van der Waals surface area contributed by atoms with Crippen LogP contribution in [0.1, 0.15) is 30.4 Å². The number of anilines is 1. The van der Waals surface area contributed by atoms with E-state index in [1.54, 1.807) is 0 Å². The molecule has 72 valence electrons. The molecule has 0 aliphatic heterocycles. The van der Waals surface area contributed by atoms with Crippen LogP contribution in [0.25, 0.3) is 0 Å². The molecule has 0 aromatic heterocycles. The van der Waals surface area contributed by atoms with Crippen LogP contribution in [0, 0.1) is 0 Å². The van der Waals surface area contributed by atoms with Gasteiger partial charge in [0.2, 0.25) is 0 Å². The van der Waals surface area contributed by atoms with Crippen molar-refractivity contribution in [1.82, 2.24) is 0 Å². The number of nitrogens with two attached hydrogens (primary N) is 1. The van der Waals surface area contributed by atoms with E-state index < -0.39 is 0 Å². The van der Waals surface area contributed by atoms with Crippen LogP contribution in [0.4, 0.5) is 5.69 Å². The molecule has 1 nitrogen and oxygen atoms in total. The molecule has 1 aromatic rings. The molecule has 0 spiro atoms. The molecular weight excluding hydrogens is 182 g/mol. The topological polar surface area (TPSA) is 26.0 Å². The number of rotatable bonds is 0. The number of halogens is 1. The minimum absolute atomic E-state index is 0. The van der Waals surface area contributed by atoms with E-state index in [1.807, 2.05) is 6.07 Å². The fraction of sp³-hybridized carbons (Fsp3) is 0.455. The monoisotopic (exact) mass is 197 g/mol. The largest absolute Gasteiger partial charge is 0.399 e. The normalized spacial score (nSPS) is 15.4. The molecule has 0 saturated heterocycles. The van der Waals surface area contributed by atoms with Crippen molar-refractivity contribution in [2.24, 2.45) is 0 Å². The zero-order valence-electron chi connectivity index (χ0n) is 7.75. The summed E-state index contributed by atoms with van der Waals surface area (Å²) in [7, 11) is 0. The summed E-state index contributed by atoms with van der Waals surface area (Å²) >= 11 is 0. The predicted molar refractivity (Wildman–Crippen MR) is 59.4 cm³/mol. The van der Waals surface area contributed by atoms with Crippen LogP contribution in [-0.2, 0) is 12.8 Å². The second kappa shape index (κ2) is 4.52. The molecule has 0 heterocycles. The lowest BCUT2D eigenvalue weighted by molar-refractivity contribution is 0.711. The first-order valence-electron chi connectivity index (χ1n) is 4.73. The van der Waals surface area contributed by atoms with Gasteiger partial charge in [0, 0.05) is 5.69 Å². The van der Waals surface area contributed by atoms with E-state index in [2.05, 4.69) is 12.1 Å². The van der Waals surface area contributed by atoms with Crippen LogP contribution in [0.15, 0.2) is 18.2 Å². The molecule has 2 heteroatoms. The zero-order valence-corrected chi connectivity index (χ0v) is 8.57. The number of hydrogen-bond acceptors (Lipinski definition) is 1. The summed E-state index contributed by atoms with van der Waals surface area (Å²) in [5.74, 6) is 0. The first-order valence-corrected chi connectivity index (χ1v) is 4.73. The van der Waals surface area contributed by atoms with Gasteiger partial charge in [0.15, 0.2) is 0 Å². The van der Waals surface area contributed by atoms with E-state index in [1.165, 1.54) is 43.2 Å². The Morgan fingerprint density at radius 1 is 0.923 bits per heavy atom. The molecule has 0 fully saturated rings. The summed E-state index contributed by atoms with van der Waals surface area (Å²) in [5.41, 5.74) is 9.64. The third-order valence-electron chi connectivity index (χ3n) is 2.62. The van der Waals surface area contributed by atoms with E-state index in [0.717, 1.165) is 5.69 Å². The van der Waals surface area contributed by atoms with Crippen molar-refractivity contribution in [3.63, 3.8) is 0 Å². The van der Waals surface area contributed by atoms with E-state index in [-0.39, 0.29) is 12.4 Å². The molecule has 0 amide bonds. The van der Waals surface area contributed by atoms with Gasteiger partial charge in [-0.05, 0) is 48.9 Å². The number of fused-ring (bicyclic) bond motifs is 1. The lowest BCUT2D eigenvalue weighted by atomic mass is 10.0. The van der Waals surface area contributed by atoms with Gasteiger partial charge in [-0.25, -0.2) is 0 Å². The summed E-state index contributed by atoms with van der Waals surface area (Å²) in [4.78, 5) is 0. The Balaban J connectivity index is 0.000000845. The predicted octanol–water partition coefficient (Wildman–Crippen LogP) is 2.96. The second-order valence-corrected chi connectivity index (χ2v) is 3.59. The van der Waals surface area contributed by atoms with Crippen LogP contribution in [0.3, 0.4) is 0 Å². The first-order chi connectivity index (χ1) is 5.86. The van der Waals surface area contributed by atoms with E-state index >= 15 is 0 Å². The van der Waals surface area contributed by atoms with Gasteiger partial charge in [-0.15, -0.1) is 12.4 Å². The van der Waals surface area contributed by atoms with Gasteiger partial charge < -0.3 is 5.73 Å². The van der Waals surface area contributed by atoms with Gasteiger partial charge in [0.25, 0.3) is 0 Å². The van der Waals surface area contributed by atoms with Crippen molar-refractivity contribution < 1.29 is 0 Å². The van der Waals surface area contributed by atoms with Crippen LogP contribution in [-0.4, -0.2) is 0 Å². The van der Waals surface area contributed by atoms with Gasteiger partial charge in [-0.2, -0.15) is 0 Å². The Hall–Kier alpha value is -0.690. The number of aryl methyl sites for hydroxylation is 2. The Morgan fingerprint density at radius 2 is 1.62 bits per heavy atom. The molecule has 13 heavy (non-hydrogen) atoms. The lowest BCUT2D eigenvalue weighted by Crippen LogP contribution is -1.93. The SMILES string of the molecule is Cl.Nc1ccc2c(c1)CCCCC2. The van der Waals surface area contributed by atoms with E-state index in [0.29, 0.717) is 0 Å². The van der Waals surface area contributed by atoms with Crippen molar-refractivity contribution in [2.75, 3.05) is 5.73 Å². The Labute approximate surface area is 85.7 Å². The maximum Gasteiger partial charge on any atom is 0.0316 e. The Bertz CT molecular complexity index is 283. The number of hydrogen-bond donors (Lipinski definition) is 1. The summed E-state index contributed by atoms with van der Waals surface area (Å²) in [6.45, 7) is 0. The summed E-state index contributed by atoms with van der Waals surface area (Å²) in [6, 6.07) is 6.35. The van der Waals surface area contributed by atoms with E-state index in [4.69, 9.17) is 5.73 Å². The third-order valence-corrected chi connectivity index (χ3v) is 2.62. The minimum Gasteiger partial charge on any atom is -0.399 e. The van der Waals surface area contributed by atoms with Gasteiger partial charge in [0.1, 0.15) is 0 Å². The van der Waals surface area contributed by atoms with Crippen molar-refractivity contribution in [3.05, 3.63) is 29.3 Å². The van der Waals surface area contributed by atoms with Gasteiger partial charge in [-0.1, -0.05) is 12.5 Å². The molecule has 0 saturated carbocycles. The summed E-state index contributed by atoms with van der Waals surface area (Å²) < 4.78 is 0. The molecule has 0 unspecified atom stereocenters. The maximum atomic E-state index is 5.73. The second-order valence-electron chi connectivity index (χ2n) is 3.59. The highest BCUT2D eigenvalue weighted by molar-refractivity contribution is 5.85. The average molecular weight is 198 g/mol. The molecule has 2 N–H and O–H groups in total. The van der Waals surface area contributed by atoms with Crippen LogP contribution >= 0.6 is 12.4 Å². The van der Waals surface area contributed by atoms with E-state index in [9.17, 15) is 0 Å². The lowest BCUT2D eigenvalue weighted by Gasteiger charge is -2.05.